The van der Waals surface area contributed by atoms with Gasteiger partial charge >= 0.3 is 0 Å². The Bertz CT molecular complexity index is 298. The molecule has 0 aliphatic heterocycles. The third kappa shape index (κ3) is 3.15. The highest BCUT2D eigenvalue weighted by Gasteiger charge is 1.98. The van der Waals surface area contributed by atoms with E-state index in [2.05, 4.69) is 11.9 Å². The van der Waals surface area contributed by atoms with E-state index >= 15 is 0 Å². The largest absolute Gasteiger partial charge is 0.292 e. The molecule has 0 bridgehead atoms. The molecule has 1 nitrogen and oxygen atoms in total. The van der Waals surface area contributed by atoms with E-state index in [1.807, 2.05) is 31.3 Å². The zero-order valence-electron chi connectivity index (χ0n) is 8.76. The fourth-order valence-corrected chi connectivity index (χ4v) is 1.48. The summed E-state index contributed by atoms with van der Waals surface area (Å²) in [5, 5.41) is 0.783. The van der Waals surface area contributed by atoms with Gasteiger partial charge in [-0.05, 0) is 25.0 Å². The van der Waals surface area contributed by atoms with Gasteiger partial charge in [0.25, 0.3) is 0 Å². The minimum Gasteiger partial charge on any atom is -0.292 e. The average Bonchev–Trinajstić information content (AvgIpc) is 2.16. The van der Waals surface area contributed by atoms with Gasteiger partial charge in [0.05, 0.1) is 0 Å². The van der Waals surface area contributed by atoms with Crippen LogP contribution in [-0.2, 0) is 0 Å². The van der Waals surface area contributed by atoms with Gasteiger partial charge in [0, 0.05) is 23.3 Å². The summed E-state index contributed by atoms with van der Waals surface area (Å²) < 4.78 is 0. The molecule has 0 aliphatic carbocycles. The Morgan fingerprint density at radius 2 is 2.21 bits per heavy atom. The summed E-state index contributed by atoms with van der Waals surface area (Å²) in [6.45, 7) is 5.10. The fourth-order valence-electron chi connectivity index (χ4n) is 1.21. The first-order chi connectivity index (χ1) is 6.75. The molecule has 0 fully saturated rings. The van der Waals surface area contributed by atoms with Crippen molar-refractivity contribution in [2.75, 3.05) is 6.54 Å². The number of rotatable bonds is 4. The van der Waals surface area contributed by atoms with Gasteiger partial charge in [0.2, 0.25) is 0 Å². The van der Waals surface area contributed by atoms with Gasteiger partial charge in [-0.1, -0.05) is 37.1 Å². The first-order valence-corrected chi connectivity index (χ1v) is 5.38. The van der Waals surface area contributed by atoms with Crippen molar-refractivity contribution in [2.24, 2.45) is 4.99 Å². The van der Waals surface area contributed by atoms with E-state index in [1.54, 1.807) is 0 Å². The second-order valence-electron chi connectivity index (χ2n) is 3.36. The summed E-state index contributed by atoms with van der Waals surface area (Å²) in [5.41, 5.74) is 2.23. The van der Waals surface area contributed by atoms with Crippen LogP contribution in [0.15, 0.2) is 23.2 Å². The van der Waals surface area contributed by atoms with Crippen LogP contribution in [0.2, 0.25) is 5.02 Å². The summed E-state index contributed by atoms with van der Waals surface area (Å²) >= 11 is 6.05. The van der Waals surface area contributed by atoms with E-state index in [1.165, 1.54) is 12.0 Å². The number of halogens is 1. The van der Waals surface area contributed by atoms with Crippen LogP contribution in [0.4, 0.5) is 0 Å². The highest BCUT2D eigenvalue weighted by molar-refractivity contribution is 6.33. The Kier molecular flexibility index (Phi) is 4.68. The van der Waals surface area contributed by atoms with Crippen molar-refractivity contribution < 1.29 is 0 Å². The van der Waals surface area contributed by atoms with Gasteiger partial charge in [-0.25, -0.2) is 0 Å². The van der Waals surface area contributed by atoms with Gasteiger partial charge in [-0.2, -0.15) is 0 Å². The number of aryl methyl sites for hydroxylation is 1. The Labute approximate surface area is 90.8 Å². The van der Waals surface area contributed by atoms with Crippen LogP contribution in [0.1, 0.15) is 30.9 Å². The van der Waals surface area contributed by atoms with E-state index in [-0.39, 0.29) is 0 Å². The Balaban J connectivity index is 2.70. The summed E-state index contributed by atoms with van der Waals surface area (Å²) in [4.78, 5) is 4.34. The molecule has 0 atom stereocenters. The van der Waals surface area contributed by atoms with Crippen LogP contribution >= 0.6 is 11.6 Å². The SMILES string of the molecule is CCCCN=Cc1c(C)cccc1Cl. The van der Waals surface area contributed by atoms with E-state index in [9.17, 15) is 0 Å². The first-order valence-electron chi connectivity index (χ1n) is 5.00. The van der Waals surface area contributed by atoms with Crippen LogP contribution in [-0.4, -0.2) is 12.8 Å². The molecule has 0 amide bonds. The predicted octanol–water partition coefficient (Wildman–Crippen LogP) is 3.87. The maximum atomic E-state index is 6.05. The maximum absolute atomic E-state index is 6.05. The Morgan fingerprint density at radius 1 is 1.43 bits per heavy atom. The lowest BCUT2D eigenvalue weighted by atomic mass is 10.1. The van der Waals surface area contributed by atoms with Gasteiger partial charge < -0.3 is 0 Å². The minimum absolute atomic E-state index is 0.783. The van der Waals surface area contributed by atoms with Crippen molar-refractivity contribution in [1.82, 2.24) is 0 Å². The molecule has 0 aromatic heterocycles. The van der Waals surface area contributed by atoms with Crippen LogP contribution in [0.25, 0.3) is 0 Å². The number of nitrogens with zero attached hydrogens (tertiary/aromatic N) is 1. The van der Waals surface area contributed by atoms with Crippen LogP contribution < -0.4 is 0 Å². The lowest BCUT2D eigenvalue weighted by Gasteiger charge is -2.01. The Hall–Kier alpha value is -0.820. The van der Waals surface area contributed by atoms with Crippen molar-refractivity contribution in [3.63, 3.8) is 0 Å². The molecule has 1 rings (SSSR count). The lowest BCUT2D eigenvalue weighted by molar-refractivity contribution is 0.810. The quantitative estimate of drug-likeness (QED) is 0.528. The number of unbranched alkanes of at least 4 members (excludes halogenated alkanes) is 1. The van der Waals surface area contributed by atoms with E-state index in [0.29, 0.717) is 0 Å². The van der Waals surface area contributed by atoms with Crippen molar-refractivity contribution in [3.05, 3.63) is 34.3 Å². The second-order valence-corrected chi connectivity index (χ2v) is 3.77. The van der Waals surface area contributed by atoms with Gasteiger partial charge in [0.15, 0.2) is 0 Å². The Morgan fingerprint density at radius 3 is 2.86 bits per heavy atom. The number of hydrogen-bond acceptors (Lipinski definition) is 1. The zero-order chi connectivity index (χ0) is 10.4. The van der Waals surface area contributed by atoms with E-state index in [4.69, 9.17) is 11.6 Å². The summed E-state index contributed by atoms with van der Waals surface area (Å²) in [6.07, 6.45) is 4.20. The number of benzene rings is 1. The van der Waals surface area contributed by atoms with E-state index in [0.717, 1.165) is 23.6 Å². The second kappa shape index (κ2) is 5.82. The molecular weight excluding hydrogens is 194 g/mol. The van der Waals surface area contributed by atoms with Crippen molar-refractivity contribution in [1.29, 1.82) is 0 Å². The molecule has 0 unspecified atom stereocenters. The molecule has 0 spiro atoms. The third-order valence-corrected chi connectivity index (χ3v) is 2.46. The van der Waals surface area contributed by atoms with Gasteiger partial charge in [-0.15, -0.1) is 0 Å². The number of hydrogen-bond donors (Lipinski definition) is 0. The lowest BCUT2D eigenvalue weighted by Crippen LogP contribution is -1.89. The maximum Gasteiger partial charge on any atom is 0.0496 e. The normalized spacial score (nSPS) is 11.1. The minimum atomic E-state index is 0.783. The molecule has 1 aromatic rings. The van der Waals surface area contributed by atoms with Crippen LogP contribution in [0.3, 0.4) is 0 Å². The summed E-state index contributed by atoms with van der Waals surface area (Å²) in [6, 6.07) is 5.91. The molecule has 0 N–H and O–H groups in total. The van der Waals surface area contributed by atoms with Crippen LogP contribution in [0.5, 0.6) is 0 Å². The molecule has 0 saturated carbocycles. The molecule has 14 heavy (non-hydrogen) atoms. The average molecular weight is 210 g/mol. The molecule has 0 radical (unpaired) electrons. The first kappa shape index (κ1) is 11.3. The molecule has 0 saturated heterocycles. The predicted molar refractivity (Wildman–Crippen MR) is 63.6 cm³/mol. The summed E-state index contributed by atoms with van der Waals surface area (Å²) in [5.74, 6) is 0. The topological polar surface area (TPSA) is 12.4 Å². The molecule has 1 aromatic carbocycles. The molecule has 76 valence electrons. The van der Waals surface area contributed by atoms with Crippen molar-refractivity contribution >= 4 is 17.8 Å². The van der Waals surface area contributed by atoms with Crippen molar-refractivity contribution in [3.8, 4) is 0 Å². The summed E-state index contributed by atoms with van der Waals surface area (Å²) in [7, 11) is 0. The van der Waals surface area contributed by atoms with Crippen LogP contribution in [0, 0.1) is 6.92 Å². The standard InChI is InChI=1S/C12H16ClN/c1-3-4-8-14-9-11-10(2)6-5-7-12(11)13/h5-7,9H,3-4,8H2,1-2H3. The third-order valence-electron chi connectivity index (χ3n) is 2.13. The highest BCUT2D eigenvalue weighted by atomic mass is 35.5. The molecular formula is C12H16ClN. The zero-order valence-corrected chi connectivity index (χ0v) is 9.51. The number of aliphatic imine (C=N–C) groups is 1. The smallest absolute Gasteiger partial charge is 0.0496 e. The molecule has 2 heteroatoms. The van der Waals surface area contributed by atoms with Gasteiger partial charge in [0.1, 0.15) is 0 Å². The highest BCUT2D eigenvalue weighted by Crippen LogP contribution is 2.17. The van der Waals surface area contributed by atoms with Gasteiger partial charge in [-0.3, -0.25) is 4.99 Å². The van der Waals surface area contributed by atoms with E-state index < -0.39 is 0 Å². The fraction of sp³-hybridized carbons (Fsp3) is 0.417. The molecule has 0 heterocycles. The van der Waals surface area contributed by atoms with Crippen molar-refractivity contribution in [2.45, 2.75) is 26.7 Å². The molecule has 0 aliphatic rings. The monoisotopic (exact) mass is 209 g/mol.